The van der Waals surface area contributed by atoms with Crippen LogP contribution in [0.5, 0.6) is 5.75 Å². The van der Waals surface area contributed by atoms with Gasteiger partial charge in [0.15, 0.2) is 5.69 Å². The van der Waals surface area contributed by atoms with Crippen LogP contribution in [-0.2, 0) is 21.4 Å². The molecule has 330 valence electrons. The van der Waals surface area contributed by atoms with E-state index in [0.29, 0.717) is 54.0 Å². The molecular formula is C47H48IN9O7. The number of anilines is 3. The van der Waals surface area contributed by atoms with Gasteiger partial charge in [-0.15, -0.1) is 0 Å². The second kappa shape index (κ2) is 17.5. The van der Waals surface area contributed by atoms with Gasteiger partial charge in [0.1, 0.15) is 32.9 Å². The Hall–Kier alpha value is -6.63. The van der Waals surface area contributed by atoms with E-state index in [4.69, 9.17) is 8.16 Å². The zero-order valence-electron chi connectivity index (χ0n) is 35.9. The second-order valence-electron chi connectivity index (χ2n) is 16.5. The highest BCUT2D eigenvalue weighted by Crippen LogP contribution is 2.40. The molecule has 1 unspecified atom stereocenters. The van der Waals surface area contributed by atoms with Gasteiger partial charge >= 0.3 is 5.69 Å². The maximum absolute atomic E-state index is 13.9. The van der Waals surface area contributed by atoms with Crippen molar-refractivity contribution in [2.75, 3.05) is 41.8 Å². The van der Waals surface area contributed by atoms with E-state index in [1.54, 1.807) is 47.8 Å². The fourth-order valence-electron chi connectivity index (χ4n) is 8.91. The van der Waals surface area contributed by atoms with E-state index in [1.165, 1.54) is 8.08 Å². The van der Waals surface area contributed by atoms with E-state index in [9.17, 15) is 28.8 Å². The number of fused-ring (bicyclic) bond motifs is 2. The third-order valence-corrected chi connectivity index (χ3v) is 14.6. The van der Waals surface area contributed by atoms with Gasteiger partial charge in [-0.3, -0.25) is 43.1 Å². The molecule has 3 saturated heterocycles. The molecule has 0 saturated carbocycles. The molecule has 2 aromatic heterocycles. The van der Waals surface area contributed by atoms with Gasteiger partial charge in [0, 0.05) is 90.1 Å². The summed E-state index contributed by atoms with van der Waals surface area (Å²) in [5, 5.41) is 13.4. The highest BCUT2D eigenvalue weighted by Gasteiger charge is 2.32. The Labute approximate surface area is 378 Å². The van der Waals surface area contributed by atoms with E-state index in [1.807, 2.05) is 73.1 Å². The minimum Gasteiger partial charge on any atom is -0.435 e. The van der Waals surface area contributed by atoms with Crippen molar-refractivity contribution in [3.8, 4) is 16.9 Å². The highest BCUT2D eigenvalue weighted by atomic mass is 127. The van der Waals surface area contributed by atoms with E-state index < -0.39 is 39.0 Å². The Balaban J connectivity index is 1.01. The van der Waals surface area contributed by atoms with Crippen LogP contribution in [0.3, 0.4) is 0 Å². The molecule has 5 amide bonds. The highest BCUT2D eigenvalue weighted by molar-refractivity contribution is 14.2. The molecule has 4 aromatic carbocycles. The standard InChI is InChI=1S/C47H48IN9O7/c1-27(2)57-35-16-13-28(25-34(35)42(52-57)46(62)50-31-9-5-8-29(24-31)44(60)49-3)33-15-14-32(55-21-7-12-41(55)59)26-39(33)64-48-30-19-22-54(23-20-30)36-10-6-11-37-43(36)53(4)47(63)56(37)38-17-18-40(58)51-45(38)61/h5-6,8-11,13-16,24-27,38H,7,12,17-23H2,1-4H3,(H,49,60)(H,50,62)(H,51,58,61). The summed E-state index contributed by atoms with van der Waals surface area (Å²) in [6.45, 7) is 6.08. The number of benzene rings is 4. The molecule has 64 heavy (non-hydrogen) atoms. The molecule has 9 rings (SSSR count). The molecule has 3 aliphatic rings. The van der Waals surface area contributed by atoms with Crippen molar-refractivity contribution in [3.63, 3.8) is 0 Å². The van der Waals surface area contributed by atoms with Crippen molar-refractivity contribution in [1.82, 2.24) is 29.5 Å². The van der Waals surface area contributed by atoms with Crippen LogP contribution in [0.1, 0.15) is 85.3 Å². The van der Waals surface area contributed by atoms with Crippen molar-refractivity contribution in [2.45, 2.75) is 64.5 Å². The molecular weight excluding hydrogens is 929 g/mol. The number of aryl methyl sites for hydroxylation is 1. The summed E-state index contributed by atoms with van der Waals surface area (Å²) in [7, 11) is 3.28. The summed E-state index contributed by atoms with van der Waals surface area (Å²) in [6, 6.07) is 23.5. The van der Waals surface area contributed by atoms with Crippen molar-refractivity contribution < 1.29 is 27.0 Å². The molecule has 6 aromatic rings. The lowest BCUT2D eigenvalue weighted by Crippen LogP contribution is -2.44. The lowest BCUT2D eigenvalue weighted by atomic mass is 10.0. The minimum atomic E-state index is -0.920. The number of hydrogen-bond donors (Lipinski definition) is 3. The summed E-state index contributed by atoms with van der Waals surface area (Å²) in [4.78, 5) is 81.5. The maximum atomic E-state index is 13.9. The first kappa shape index (κ1) is 42.7. The van der Waals surface area contributed by atoms with Gasteiger partial charge in [0.2, 0.25) is 17.7 Å². The van der Waals surface area contributed by atoms with Gasteiger partial charge in [-0.05, 0) is 99.7 Å². The number of aromatic nitrogens is 4. The molecule has 3 fully saturated rings. The third kappa shape index (κ3) is 7.96. The average Bonchev–Trinajstić information content (AvgIpc) is 3.98. The largest absolute Gasteiger partial charge is 0.435 e. The molecule has 1 atom stereocenters. The molecule has 17 heteroatoms. The maximum Gasteiger partial charge on any atom is 0.329 e. The molecule has 3 aliphatic heterocycles. The SMILES string of the molecule is CNC(=O)c1cccc(NC(=O)c2nn(C(C)C)c3ccc(-c4ccc(N5CCCC5=O)cc4OI=C4CCN(c5cccc6c5n(C)c(=O)n6C5CCC(=O)NC5=O)CC4)cc23)c1. The fraction of sp³-hybridized carbons (Fsp3) is 0.319. The average molecular weight is 978 g/mol. The number of amides is 5. The second-order valence-corrected chi connectivity index (χ2v) is 19.0. The first-order chi connectivity index (χ1) is 30.9. The predicted octanol–water partition coefficient (Wildman–Crippen LogP) is 6.39. The minimum absolute atomic E-state index is 0.0328. The Morgan fingerprint density at radius 3 is 2.41 bits per heavy atom. The van der Waals surface area contributed by atoms with Crippen LogP contribution in [-0.4, -0.2) is 78.6 Å². The number of nitrogens with zero attached hydrogens (tertiary/aromatic N) is 6. The van der Waals surface area contributed by atoms with Crippen LogP contribution < -0.4 is 34.5 Å². The van der Waals surface area contributed by atoms with Crippen LogP contribution in [0, 0.1) is 0 Å². The molecule has 3 N–H and O–H groups in total. The smallest absolute Gasteiger partial charge is 0.329 e. The summed E-state index contributed by atoms with van der Waals surface area (Å²) in [6.07, 6.45) is 3.31. The number of hydrogen-bond acceptors (Lipinski definition) is 9. The Bertz CT molecular complexity index is 2990. The Kier molecular flexibility index (Phi) is 11.7. The Morgan fingerprint density at radius 2 is 1.67 bits per heavy atom. The number of imide groups is 1. The van der Waals surface area contributed by atoms with E-state index in [-0.39, 0.29) is 48.0 Å². The number of piperidine rings is 2. The van der Waals surface area contributed by atoms with E-state index in [2.05, 4.69) is 20.9 Å². The zero-order chi connectivity index (χ0) is 44.8. The number of para-hydroxylation sites is 1. The normalized spacial score (nSPS) is 16.9. The molecule has 0 spiro atoms. The van der Waals surface area contributed by atoms with Gasteiger partial charge in [-0.25, -0.2) is 4.79 Å². The topological polar surface area (TPSA) is 182 Å². The molecule has 0 aliphatic carbocycles. The van der Waals surface area contributed by atoms with Gasteiger partial charge < -0.3 is 23.5 Å². The summed E-state index contributed by atoms with van der Waals surface area (Å²) in [5.74, 6) is -0.728. The monoisotopic (exact) mass is 977 g/mol. The van der Waals surface area contributed by atoms with Crippen LogP contribution in [0.2, 0.25) is 0 Å². The van der Waals surface area contributed by atoms with Crippen LogP contribution in [0.4, 0.5) is 17.1 Å². The van der Waals surface area contributed by atoms with Crippen molar-refractivity contribution in [1.29, 1.82) is 0 Å². The number of rotatable bonds is 10. The number of nitrogens with one attached hydrogen (secondary N) is 3. The van der Waals surface area contributed by atoms with Crippen molar-refractivity contribution in [2.24, 2.45) is 7.05 Å². The molecule has 16 nitrogen and oxygen atoms in total. The number of halogens is 1. The third-order valence-electron chi connectivity index (χ3n) is 12.2. The van der Waals surface area contributed by atoms with Crippen LogP contribution >= 0.6 is 21.1 Å². The zero-order valence-corrected chi connectivity index (χ0v) is 38.1. The van der Waals surface area contributed by atoms with Gasteiger partial charge in [0.05, 0.1) is 22.2 Å². The number of carbonyl (C=O) groups is 5. The molecule has 0 radical (unpaired) electrons. The summed E-state index contributed by atoms with van der Waals surface area (Å²) in [5.41, 5.74) is 6.37. The van der Waals surface area contributed by atoms with Gasteiger partial charge in [-0.1, -0.05) is 18.2 Å². The first-order valence-corrected chi connectivity index (χ1v) is 23.4. The lowest BCUT2D eigenvalue weighted by molar-refractivity contribution is -0.135. The first-order valence-electron chi connectivity index (χ1n) is 21.5. The van der Waals surface area contributed by atoms with E-state index >= 15 is 0 Å². The van der Waals surface area contributed by atoms with Crippen molar-refractivity contribution in [3.05, 3.63) is 101 Å². The van der Waals surface area contributed by atoms with Crippen LogP contribution in [0.25, 0.3) is 33.1 Å². The fourth-order valence-corrected chi connectivity index (χ4v) is 10.7. The van der Waals surface area contributed by atoms with Crippen LogP contribution in [0.15, 0.2) is 83.7 Å². The predicted molar refractivity (Wildman–Crippen MR) is 255 cm³/mol. The molecule has 0 bridgehead atoms. The quantitative estimate of drug-likeness (QED) is 0.104. The molecule has 5 heterocycles. The lowest BCUT2D eigenvalue weighted by Gasteiger charge is -2.30. The number of carbonyl (C=O) groups excluding carboxylic acids is 5. The summed E-state index contributed by atoms with van der Waals surface area (Å²) < 4.78 is 13.1. The summed E-state index contributed by atoms with van der Waals surface area (Å²) >= 11 is -0.920. The van der Waals surface area contributed by atoms with Gasteiger partial charge in [-0.2, -0.15) is 5.10 Å². The van der Waals surface area contributed by atoms with E-state index in [0.717, 1.165) is 52.8 Å². The van der Waals surface area contributed by atoms with Gasteiger partial charge in [0.25, 0.3) is 11.8 Å². The van der Waals surface area contributed by atoms with Crippen molar-refractivity contribution >= 4 is 93.2 Å². The Morgan fingerprint density at radius 1 is 0.875 bits per heavy atom. The number of imidazole rings is 1.